The fourth-order valence-electron chi connectivity index (χ4n) is 3.51. The van der Waals surface area contributed by atoms with E-state index in [2.05, 4.69) is 15.5 Å². The van der Waals surface area contributed by atoms with Crippen molar-refractivity contribution in [2.45, 2.75) is 77.0 Å². The first kappa shape index (κ1) is 18.0. The van der Waals surface area contributed by atoms with Gasteiger partial charge in [0.1, 0.15) is 12.1 Å². The first-order valence-corrected chi connectivity index (χ1v) is 8.85. The van der Waals surface area contributed by atoms with Crippen LogP contribution in [-0.2, 0) is 9.53 Å². The molecule has 2 fully saturated rings. The van der Waals surface area contributed by atoms with Crippen molar-refractivity contribution in [1.29, 1.82) is 0 Å². The SMILES string of the molecule is CC(C)(C)OC(=O)NCC(=O)NC1CCCCC1N1CCCC1. The molecule has 1 aliphatic heterocycles. The molecule has 2 N–H and O–H groups in total. The van der Waals surface area contributed by atoms with Gasteiger partial charge in [-0.3, -0.25) is 9.69 Å². The zero-order valence-electron chi connectivity index (χ0n) is 14.7. The Balaban J connectivity index is 1.77. The van der Waals surface area contributed by atoms with E-state index in [0.29, 0.717) is 6.04 Å². The van der Waals surface area contributed by atoms with E-state index in [1.54, 1.807) is 20.8 Å². The molecule has 2 aliphatic rings. The number of ether oxygens (including phenoxy) is 1. The maximum Gasteiger partial charge on any atom is 0.408 e. The Kier molecular flexibility index (Phi) is 6.27. The summed E-state index contributed by atoms with van der Waals surface area (Å²) in [7, 11) is 0. The number of hydrogen-bond donors (Lipinski definition) is 2. The lowest BCUT2D eigenvalue weighted by Gasteiger charge is -2.38. The Morgan fingerprint density at radius 1 is 1.09 bits per heavy atom. The molecule has 0 aromatic carbocycles. The second kappa shape index (κ2) is 7.99. The highest BCUT2D eigenvalue weighted by Crippen LogP contribution is 2.26. The molecule has 0 aromatic rings. The van der Waals surface area contributed by atoms with Gasteiger partial charge in [0.25, 0.3) is 0 Å². The number of carbonyl (C=O) groups excluding carboxylic acids is 2. The molecule has 0 aromatic heterocycles. The summed E-state index contributed by atoms with van der Waals surface area (Å²) in [6, 6.07) is 0.659. The van der Waals surface area contributed by atoms with Crippen LogP contribution in [0.1, 0.15) is 59.3 Å². The fraction of sp³-hybridized carbons (Fsp3) is 0.882. The quantitative estimate of drug-likeness (QED) is 0.830. The normalized spacial score (nSPS) is 25.9. The standard InChI is InChI=1S/C17H31N3O3/c1-17(2,3)23-16(22)18-12-15(21)19-13-8-4-5-9-14(13)20-10-6-7-11-20/h13-14H,4-12H2,1-3H3,(H,18,22)(H,19,21). The minimum absolute atomic E-state index is 0.0296. The lowest BCUT2D eigenvalue weighted by atomic mass is 9.89. The molecule has 2 atom stereocenters. The summed E-state index contributed by atoms with van der Waals surface area (Å²) in [5.74, 6) is -0.132. The third-order valence-electron chi connectivity index (χ3n) is 4.48. The zero-order chi connectivity index (χ0) is 16.9. The number of rotatable bonds is 4. The van der Waals surface area contributed by atoms with Crippen molar-refractivity contribution in [3.05, 3.63) is 0 Å². The number of nitrogens with zero attached hydrogens (tertiary/aromatic N) is 1. The highest BCUT2D eigenvalue weighted by Gasteiger charge is 2.32. The Labute approximate surface area is 139 Å². The predicted octanol–water partition coefficient (Wildman–Crippen LogP) is 2.03. The molecule has 23 heavy (non-hydrogen) atoms. The van der Waals surface area contributed by atoms with E-state index >= 15 is 0 Å². The largest absolute Gasteiger partial charge is 0.444 e. The summed E-state index contributed by atoms with van der Waals surface area (Å²) in [4.78, 5) is 26.3. The lowest BCUT2D eigenvalue weighted by Crippen LogP contribution is -2.54. The monoisotopic (exact) mass is 325 g/mol. The van der Waals surface area contributed by atoms with E-state index < -0.39 is 11.7 Å². The molecule has 1 heterocycles. The van der Waals surface area contributed by atoms with Gasteiger partial charge in [-0.05, 0) is 59.5 Å². The molecular weight excluding hydrogens is 294 g/mol. The number of amides is 2. The predicted molar refractivity (Wildman–Crippen MR) is 89.2 cm³/mol. The Bertz CT molecular complexity index is 414. The summed E-state index contributed by atoms with van der Waals surface area (Å²) in [6.07, 6.45) is 6.56. The topological polar surface area (TPSA) is 70.7 Å². The molecule has 0 bridgehead atoms. The van der Waals surface area contributed by atoms with Crippen LogP contribution >= 0.6 is 0 Å². The van der Waals surface area contributed by atoms with Crippen molar-refractivity contribution in [3.63, 3.8) is 0 Å². The average Bonchev–Trinajstić information content (AvgIpc) is 2.98. The number of carbonyl (C=O) groups is 2. The van der Waals surface area contributed by atoms with Crippen LogP contribution in [-0.4, -0.2) is 54.2 Å². The average molecular weight is 325 g/mol. The fourth-order valence-corrected chi connectivity index (χ4v) is 3.51. The lowest BCUT2D eigenvalue weighted by molar-refractivity contribution is -0.121. The van der Waals surface area contributed by atoms with Crippen LogP contribution < -0.4 is 10.6 Å². The van der Waals surface area contributed by atoms with E-state index in [0.717, 1.165) is 32.4 Å². The molecule has 132 valence electrons. The van der Waals surface area contributed by atoms with E-state index in [1.807, 2.05) is 0 Å². The van der Waals surface area contributed by atoms with Gasteiger partial charge >= 0.3 is 6.09 Å². The third-order valence-corrected chi connectivity index (χ3v) is 4.48. The number of alkyl carbamates (subject to hydrolysis) is 1. The minimum Gasteiger partial charge on any atom is -0.444 e. The molecule has 0 radical (unpaired) electrons. The molecule has 1 aliphatic carbocycles. The van der Waals surface area contributed by atoms with Gasteiger partial charge in [0.2, 0.25) is 5.91 Å². The van der Waals surface area contributed by atoms with Gasteiger partial charge in [-0.2, -0.15) is 0 Å². The van der Waals surface area contributed by atoms with Crippen LogP contribution in [0.2, 0.25) is 0 Å². The van der Waals surface area contributed by atoms with Gasteiger partial charge < -0.3 is 15.4 Å². The second-order valence-corrected chi connectivity index (χ2v) is 7.62. The number of hydrogen-bond acceptors (Lipinski definition) is 4. The van der Waals surface area contributed by atoms with Gasteiger partial charge in [-0.25, -0.2) is 4.79 Å². The summed E-state index contributed by atoms with van der Waals surface area (Å²) in [5, 5.41) is 5.64. The molecule has 1 saturated heterocycles. The Morgan fingerprint density at radius 3 is 2.39 bits per heavy atom. The summed E-state index contributed by atoms with van der Waals surface area (Å²) in [6.45, 7) is 7.67. The highest BCUT2D eigenvalue weighted by atomic mass is 16.6. The summed E-state index contributed by atoms with van der Waals surface area (Å²) < 4.78 is 5.14. The van der Waals surface area contributed by atoms with Gasteiger partial charge in [-0.15, -0.1) is 0 Å². The molecule has 6 heteroatoms. The van der Waals surface area contributed by atoms with Gasteiger partial charge in [0.05, 0.1) is 0 Å². The molecular formula is C17H31N3O3. The minimum atomic E-state index is -0.551. The maximum atomic E-state index is 12.1. The van der Waals surface area contributed by atoms with Crippen molar-refractivity contribution >= 4 is 12.0 Å². The van der Waals surface area contributed by atoms with E-state index in [-0.39, 0.29) is 18.5 Å². The van der Waals surface area contributed by atoms with Crippen LogP contribution in [0.5, 0.6) is 0 Å². The zero-order valence-corrected chi connectivity index (χ0v) is 14.7. The number of nitrogens with one attached hydrogen (secondary N) is 2. The van der Waals surface area contributed by atoms with E-state index in [4.69, 9.17) is 4.74 Å². The highest BCUT2D eigenvalue weighted by molar-refractivity contribution is 5.82. The van der Waals surface area contributed by atoms with Crippen LogP contribution in [0.15, 0.2) is 0 Å². The van der Waals surface area contributed by atoms with E-state index in [9.17, 15) is 9.59 Å². The molecule has 2 rings (SSSR count). The maximum absolute atomic E-state index is 12.1. The van der Waals surface area contributed by atoms with Crippen molar-refractivity contribution in [3.8, 4) is 0 Å². The van der Waals surface area contributed by atoms with Gasteiger partial charge in [0.15, 0.2) is 0 Å². The van der Waals surface area contributed by atoms with E-state index in [1.165, 1.54) is 19.3 Å². The molecule has 0 spiro atoms. The molecule has 2 unspecified atom stereocenters. The second-order valence-electron chi connectivity index (χ2n) is 7.62. The first-order valence-electron chi connectivity index (χ1n) is 8.85. The van der Waals surface area contributed by atoms with Crippen LogP contribution in [0.25, 0.3) is 0 Å². The van der Waals surface area contributed by atoms with Crippen molar-refractivity contribution in [1.82, 2.24) is 15.5 Å². The molecule has 1 saturated carbocycles. The smallest absolute Gasteiger partial charge is 0.408 e. The summed E-state index contributed by atoms with van der Waals surface area (Å²) in [5.41, 5.74) is -0.551. The van der Waals surface area contributed by atoms with Crippen LogP contribution in [0.3, 0.4) is 0 Å². The van der Waals surface area contributed by atoms with Crippen molar-refractivity contribution in [2.24, 2.45) is 0 Å². The van der Waals surface area contributed by atoms with Crippen LogP contribution in [0, 0.1) is 0 Å². The van der Waals surface area contributed by atoms with Gasteiger partial charge in [0, 0.05) is 12.1 Å². The van der Waals surface area contributed by atoms with Crippen molar-refractivity contribution in [2.75, 3.05) is 19.6 Å². The first-order chi connectivity index (χ1) is 10.8. The number of likely N-dealkylation sites (tertiary alicyclic amines) is 1. The third kappa shape index (κ3) is 6.01. The van der Waals surface area contributed by atoms with Crippen LogP contribution in [0.4, 0.5) is 4.79 Å². The Morgan fingerprint density at radius 2 is 1.74 bits per heavy atom. The molecule has 6 nitrogen and oxygen atoms in total. The Hall–Kier alpha value is -1.30. The summed E-state index contributed by atoms with van der Waals surface area (Å²) >= 11 is 0. The van der Waals surface area contributed by atoms with Gasteiger partial charge in [-0.1, -0.05) is 12.8 Å². The van der Waals surface area contributed by atoms with Crippen molar-refractivity contribution < 1.29 is 14.3 Å². The molecule has 2 amide bonds.